The van der Waals surface area contributed by atoms with Crippen molar-refractivity contribution in [1.82, 2.24) is 9.71 Å². The van der Waals surface area contributed by atoms with E-state index in [-0.39, 0.29) is 11.4 Å². The van der Waals surface area contributed by atoms with Gasteiger partial charge in [-0.15, -0.1) is 0 Å². The van der Waals surface area contributed by atoms with Crippen molar-refractivity contribution in [3.8, 4) is 28.3 Å². The summed E-state index contributed by atoms with van der Waals surface area (Å²) in [4.78, 5) is 4.65. The quantitative estimate of drug-likeness (QED) is 0.498. The van der Waals surface area contributed by atoms with Gasteiger partial charge in [0, 0.05) is 29.1 Å². The first-order valence-electron chi connectivity index (χ1n) is 11.7. The van der Waals surface area contributed by atoms with Gasteiger partial charge in [-0.1, -0.05) is 19.8 Å². The molecule has 0 bridgehead atoms. The van der Waals surface area contributed by atoms with E-state index in [9.17, 15) is 13.6 Å². The molecule has 2 aliphatic carbocycles. The number of fused-ring (bicyclic) bond motifs is 1. The van der Waals surface area contributed by atoms with Crippen LogP contribution in [0, 0.1) is 0 Å². The molecule has 2 saturated carbocycles. The van der Waals surface area contributed by atoms with Crippen molar-refractivity contribution in [1.29, 1.82) is 0 Å². The first kappa shape index (κ1) is 21.3. The van der Waals surface area contributed by atoms with Crippen LogP contribution in [0.3, 0.4) is 0 Å². The fraction of sp³-hybridized carbons (Fsp3) is 0.480. The number of benzene rings is 1. The van der Waals surface area contributed by atoms with Gasteiger partial charge < -0.3 is 9.94 Å². The van der Waals surface area contributed by atoms with E-state index in [4.69, 9.17) is 4.74 Å². The molecule has 1 N–H and O–H groups in total. The number of ether oxygens (including phenoxy) is 1. The maximum Gasteiger partial charge on any atom is 0.181 e. The molecule has 4 aliphatic rings. The Balaban J connectivity index is 1.68. The van der Waals surface area contributed by atoms with E-state index in [1.165, 1.54) is 6.42 Å². The first-order chi connectivity index (χ1) is 15.5. The fourth-order valence-corrected chi connectivity index (χ4v) is 6.84. The normalized spacial score (nSPS) is 18.0. The van der Waals surface area contributed by atoms with Crippen LogP contribution in [0.2, 0.25) is 0 Å². The van der Waals surface area contributed by atoms with Crippen LogP contribution in [0.4, 0.5) is 0 Å². The Bertz CT molecular complexity index is 1190. The van der Waals surface area contributed by atoms with Crippen LogP contribution >= 0.6 is 0 Å². The molecule has 0 saturated heterocycles. The van der Waals surface area contributed by atoms with Crippen LogP contribution < -0.4 is 4.74 Å². The van der Waals surface area contributed by atoms with Crippen LogP contribution in [0.5, 0.6) is 5.75 Å². The van der Waals surface area contributed by atoms with E-state index in [2.05, 4.69) is 4.98 Å². The van der Waals surface area contributed by atoms with Crippen molar-refractivity contribution in [2.45, 2.75) is 81.0 Å². The lowest BCUT2D eigenvalue weighted by Gasteiger charge is -2.27. The molecular weight excluding hydrogens is 424 g/mol. The summed E-state index contributed by atoms with van der Waals surface area (Å²) in [6.45, 7) is 2.03. The van der Waals surface area contributed by atoms with Gasteiger partial charge in [0.25, 0.3) is 0 Å². The summed E-state index contributed by atoms with van der Waals surface area (Å²) in [5.74, 6) is 1.16. The second-order valence-electron chi connectivity index (χ2n) is 9.04. The zero-order valence-electron chi connectivity index (χ0n) is 18.5. The highest BCUT2D eigenvalue weighted by molar-refractivity contribution is 7.92. The number of hydrogen-bond acceptors (Lipinski definition) is 5. The minimum Gasteiger partial charge on any atom is -0.490 e. The SMILES string of the molecule is CCc1cn(O)c2nccc-2c1-c1cc(S(=O)(=O)C2CCC2)ccc1OC1CCCCC1. The van der Waals surface area contributed by atoms with Gasteiger partial charge >= 0.3 is 0 Å². The summed E-state index contributed by atoms with van der Waals surface area (Å²) in [6, 6.07) is 7.19. The molecule has 0 radical (unpaired) electrons. The first-order valence-corrected chi connectivity index (χ1v) is 13.3. The third-order valence-electron chi connectivity index (χ3n) is 7.03. The number of rotatable bonds is 6. The molecule has 0 atom stereocenters. The standard InChI is InChI=1S/C25H30N2O4S/c1-2-17-16-27(28)25-21(13-14-26-25)24(17)22-15-20(32(29,30)19-9-6-10-19)11-12-23(22)31-18-7-4-3-5-8-18/h11-16,18-19,28H,2-10H2,1H3. The molecule has 0 aromatic heterocycles. The van der Waals surface area contributed by atoms with Gasteiger partial charge in [0.05, 0.1) is 16.2 Å². The number of aromatic nitrogens is 2. The van der Waals surface area contributed by atoms with Crippen molar-refractivity contribution < 1.29 is 18.4 Å². The zero-order chi connectivity index (χ0) is 22.3. The molecule has 7 heteroatoms. The topological polar surface area (TPSA) is 81.4 Å². The van der Waals surface area contributed by atoms with E-state index < -0.39 is 9.84 Å². The van der Waals surface area contributed by atoms with Crippen molar-refractivity contribution in [2.75, 3.05) is 0 Å². The Morgan fingerprint density at radius 3 is 2.53 bits per heavy atom. The summed E-state index contributed by atoms with van der Waals surface area (Å²) < 4.78 is 34.0. The summed E-state index contributed by atoms with van der Waals surface area (Å²) in [7, 11) is -3.38. The zero-order valence-corrected chi connectivity index (χ0v) is 19.3. The number of aryl methyl sites for hydroxylation is 1. The smallest absolute Gasteiger partial charge is 0.181 e. The molecule has 2 heterocycles. The molecule has 0 unspecified atom stereocenters. The number of sulfone groups is 1. The minimum atomic E-state index is -3.38. The summed E-state index contributed by atoms with van der Waals surface area (Å²) >= 11 is 0. The maximum absolute atomic E-state index is 13.2. The minimum absolute atomic E-state index is 0.140. The predicted octanol–water partition coefficient (Wildman–Crippen LogP) is 5.49. The Hall–Kier alpha value is -2.54. The average molecular weight is 455 g/mol. The van der Waals surface area contributed by atoms with Gasteiger partial charge in [-0.2, -0.15) is 4.73 Å². The Labute approximate surface area is 189 Å². The maximum atomic E-state index is 13.2. The van der Waals surface area contributed by atoms with Crippen LogP contribution in [0.25, 0.3) is 22.5 Å². The number of nitrogens with zero attached hydrogens (tertiary/aromatic N) is 2. The molecule has 0 spiro atoms. The fourth-order valence-electron chi connectivity index (χ4n) is 4.96. The van der Waals surface area contributed by atoms with Gasteiger partial charge in [0.15, 0.2) is 15.7 Å². The average Bonchev–Trinajstić information content (AvgIpc) is 3.23. The highest BCUT2D eigenvalue weighted by Gasteiger charge is 2.34. The summed E-state index contributed by atoms with van der Waals surface area (Å²) in [5, 5.41) is 10.1. The van der Waals surface area contributed by atoms with Gasteiger partial charge in [-0.3, -0.25) is 0 Å². The van der Waals surface area contributed by atoms with E-state index in [0.29, 0.717) is 22.9 Å². The van der Waals surface area contributed by atoms with E-state index in [0.717, 1.165) is 71.9 Å². The largest absolute Gasteiger partial charge is 0.490 e. The Morgan fingerprint density at radius 1 is 1.06 bits per heavy atom. The number of hydrogen-bond donors (Lipinski definition) is 1. The summed E-state index contributed by atoms with van der Waals surface area (Å²) in [5.41, 5.74) is 3.37. The highest BCUT2D eigenvalue weighted by Crippen LogP contribution is 2.43. The Morgan fingerprint density at radius 2 is 1.84 bits per heavy atom. The van der Waals surface area contributed by atoms with E-state index in [1.54, 1.807) is 24.5 Å². The van der Waals surface area contributed by atoms with E-state index >= 15 is 0 Å². The lowest BCUT2D eigenvalue weighted by atomic mass is 9.93. The molecule has 5 rings (SSSR count). The van der Waals surface area contributed by atoms with Crippen LogP contribution in [-0.2, 0) is 16.3 Å². The van der Waals surface area contributed by atoms with Crippen molar-refractivity contribution in [3.63, 3.8) is 0 Å². The van der Waals surface area contributed by atoms with Gasteiger partial charge in [0.2, 0.25) is 0 Å². The molecular formula is C25H30N2O4S. The van der Waals surface area contributed by atoms with Crippen LogP contribution in [-0.4, -0.2) is 34.7 Å². The van der Waals surface area contributed by atoms with Gasteiger partial charge in [-0.05, 0) is 74.8 Å². The lowest BCUT2D eigenvalue weighted by molar-refractivity contribution is 0.155. The Kier molecular flexibility index (Phi) is 5.61. The second-order valence-corrected chi connectivity index (χ2v) is 11.3. The monoisotopic (exact) mass is 454 g/mol. The van der Waals surface area contributed by atoms with Gasteiger partial charge in [0.1, 0.15) is 5.75 Å². The van der Waals surface area contributed by atoms with Crippen LogP contribution in [0.15, 0.2) is 41.6 Å². The third-order valence-corrected chi connectivity index (χ3v) is 9.29. The van der Waals surface area contributed by atoms with Crippen LogP contribution in [0.1, 0.15) is 63.9 Å². The molecule has 6 nitrogen and oxygen atoms in total. The molecule has 2 fully saturated rings. The molecule has 1 aromatic rings. The highest BCUT2D eigenvalue weighted by atomic mass is 32.2. The number of pyridine rings is 1. The second kappa shape index (κ2) is 8.43. The summed E-state index contributed by atoms with van der Waals surface area (Å²) in [6.07, 6.45) is 12.1. The van der Waals surface area contributed by atoms with Gasteiger partial charge in [-0.25, -0.2) is 13.4 Å². The van der Waals surface area contributed by atoms with Crippen molar-refractivity contribution >= 4 is 9.84 Å². The van der Waals surface area contributed by atoms with Crippen molar-refractivity contribution in [3.05, 3.63) is 42.2 Å². The predicted molar refractivity (Wildman–Crippen MR) is 123 cm³/mol. The molecule has 170 valence electrons. The molecule has 0 amide bonds. The molecule has 32 heavy (non-hydrogen) atoms. The molecule has 2 aliphatic heterocycles. The van der Waals surface area contributed by atoms with Crippen molar-refractivity contribution in [2.24, 2.45) is 0 Å². The van der Waals surface area contributed by atoms with E-state index in [1.807, 2.05) is 19.1 Å². The lowest BCUT2D eigenvalue weighted by Crippen LogP contribution is -2.28. The molecule has 1 aromatic carbocycles. The third kappa shape index (κ3) is 3.66.